The first-order valence-corrected chi connectivity index (χ1v) is 6.06. The molecule has 0 aliphatic carbocycles. The van der Waals surface area contributed by atoms with E-state index in [-0.39, 0.29) is 17.7 Å². The van der Waals surface area contributed by atoms with E-state index in [1.54, 1.807) is 25.1 Å². The summed E-state index contributed by atoms with van der Waals surface area (Å²) in [5.74, 6) is 0.563. The van der Waals surface area contributed by atoms with Crippen molar-refractivity contribution in [2.75, 3.05) is 0 Å². The van der Waals surface area contributed by atoms with Crippen molar-refractivity contribution in [2.45, 2.75) is 40.2 Å². The number of phenolic OH excluding ortho intramolecular Hbond substituents is 1. The Hall–Kier alpha value is -1.51. The van der Waals surface area contributed by atoms with Crippen molar-refractivity contribution in [1.29, 1.82) is 0 Å². The molecule has 0 spiro atoms. The fourth-order valence-electron chi connectivity index (χ4n) is 1.79. The quantitative estimate of drug-likeness (QED) is 0.843. The van der Waals surface area contributed by atoms with Crippen molar-refractivity contribution in [2.24, 2.45) is 5.92 Å². The first-order chi connectivity index (χ1) is 7.95. The summed E-state index contributed by atoms with van der Waals surface area (Å²) in [7, 11) is 0. The van der Waals surface area contributed by atoms with E-state index >= 15 is 0 Å². The highest BCUT2D eigenvalue weighted by Gasteiger charge is 2.15. The van der Waals surface area contributed by atoms with Crippen LogP contribution in [-0.2, 0) is 0 Å². The third kappa shape index (κ3) is 3.48. The van der Waals surface area contributed by atoms with Crippen LogP contribution in [-0.4, -0.2) is 17.1 Å². The lowest BCUT2D eigenvalue weighted by Crippen LogP contribution is -2.38. The summed E-state index contributed by atoms with van der Waals surface area (Å²) in [6, 6.07) is 5.10. The van der Waals surface area contributed by atoms with E-state index in [0.717, 1.165) is 12.0 Å². The minimum Gasteiger partial charge on any atom is -0.508 e. The summed E-state index contributed by atoms with van der Waals surface area (Å²) in [5.41, 5.74) is 1.31. The Labute approximate surface area is 103 Å². The molecule has 1 unspecified atom stereocenters. The Morgan fingerprint density at radius 1 is 1.41 bits per heavy atom. The van der Waals surface area contributed by atoms with E-state index in [1.165, 1.54) is 0 Å². The lowest BCUT2D eigenvalue weighted by molar-refractivity contribution is 0.0924. The number of benzene rings is 1. The molecule has 1 aromatic carbocycles. The zero-order valence-corrected chi connectivity index (χ0v) is 10.9. The van der Waals surface area contributed by atoms with E-state index in [1.807, 2.05) is 0 Å². The van der Waals surface area contributed by atoms with Gasteiger partial charge in [-0.1, -0.05) is 20.8 Å². The van der Waals surface area contributed by atoms with Gasteiger partial charge >= 0.3 is 0 Å². The molecule has 0 saturated carbocycles. The van der Waals surface area contributed by atoms with Gasteiger partial charge in [-0.15, -0.1) is 0 Å². The number of phenols is 1. The average Bonchev–Trinajstić information content (AvgIpc) is 2.28. The molecular weight excluding hydrogens is 214 g/mol. The number of carbonyl (C=O) groups is 1. The molecule has 0 radical (unpaired) electrons. The second-order valence-electron chi connectivity index (χ2n) is 4.73. The Morgan fingerprint density at radius 2 is 2.06 bits per heavy atom. The number of aromatic hydroxyl groups is 1. The lowest BCUT2D eigenvalue weighted by Gasteiger charge is -2.20. The number of hydrogen-bond donors (Lipinski definition) is 2. The van der Waals surface area contributed by atoms with Gasteiger partial charge in [0.1, 0.15) is 5.75 Å². The SMILES string of the molecule is CCC(NC(=O)c1ccc(O)c(C)c1)C(C)C. The fourth-order valence-corrected chi connectivity index (χ4v) is 1.79. The number of hydrogen-bond acceptors (Lipinski definition) is 2. The van der Waals surface area contributed by atoms with Crippen LogP contribution in [0.25, 0.3) is 0 Å². The average molecular weight is 235 g/mol. The van der Waals surface area contributed by atoms with Gasteiger partial charge in [0.05, 0.1) is 0 Å². The molecule has 0 saturated heterocycles. The van der Waals surface area contributed by atoms with Crippen LogP contribution in [0.2, 0.25) is 0 Å². The van der Waals surface area contributed by atoms with Crippen LogP contribution < -0.4 is 5.32 Å². The van der Waals surface area contributed by atoms with Crippen molar-refractivity contribution < 1.29 is 9.90 Å². The van der Waals surface area contributed by atoms with Gasteiger partial charge in [-0.3, -0.25) is 4.79 Å². The van der Waals surface area contributed by atoms with Crippen LogP contribution in [0.5, 0.6) is 5.75 Å². The Kier molecular flexibility index (Phi) is 4.55. The second kappa shape index (κ2) is 5.71. The molecule has 0 aromatic heterocycles. The molecule has 1 amide bonds. The summed E-state index contributed by atoms with van der Waals surface area (Å²) in [4.78, 5) is 12.0. The highest BCUT2D eigenvalue weighted by Crippen LogP contribution is 2.17. The van der Waals surface area contributed by atoms with Crippen LogP contribution in [0.3, 0.4) is 0 Å². The summed E-state index contributed by atoms with van der Waals surface area (Å²) in [6.07, 6.45) is 0.917. The Morgan fingerprint density at radius 3 is 2.53 bits per heavy atom. The molecule has 0 bridgehead atoms. The van der Waals surface area contributed by atoms with E-state index in [2.05, 4.69) is 26.1 Å². The number of rotatable bonds is 4. The van der Waals surface area contributed by atoms with Crippen molar-refractivity contribution >= 4 is 5.91 Å². The summed E-state index contributed by atoms with van der Waals surface area (Å²) in [5, 5.41) is 12.4. The van der Waals surface area contributed by atoms with Crippen LogP contribution >= 0.6 is 0 Å². The van der Waals surface area contributed by atoms with Gasteiger partial charge in [-0.25, -0.2) is 0 Å². The molecule has 1 aromatic rings. The number of nitrogens with one attached hydrogen (secondary N) is 1. The van der Waals surface area contributed by atoms with Crippen LogP contribution in [0, 0.1) is 12.8 Å². The topological polar surface area (TPSA) is 49.3 Å². The maximum atomic E-state index is 12.0. The van der Waals surface area contributed by atoms with Gasteiger partial charge < -0.3 is 10.4 Å². The van der Waals surface area contributed by atoms with Gasteiger partial charge in [0.2, 0.25) is 0 Å². The second-order valence-corrected chi connectivity index (χ2v) is 4.73. The third-order valence-electron chi connectivity index (χ3n) is 3.02. The van der Waals surface area contributed by atoms with E-state index < -0.39 is 0 Å². The number of carbonyl (C=O) groups excluding carboxylic acids is 1. The van der Waals surface area contributed by atoms with E-state index in [9.17, 15) is 9.90 Å². The van der Waals surface area contributed by atoms with E-state index in [0.29, 0.717) is 11.5 Å². The van der Waals surface area contributed by atoms with Crippen molar-refractivity contribution in [3.8, 4) is 5.75 Å². The molecule has 3 nitrogen and oxygen atoms in total. The lowest BCUT2D eigenvalue weighted by atomic mass is 10.0. The smallest absolute Gasteiger partial charge is 0.251 e. The molecule has 2 N–H and O–H groups in total. The molecule has 94 valence electrons. The molecule has 17 heavy (non-hydrogen) atoms. The Balaban J connectivity index is 2.79. The number of aryl methyl sites for hydroxylation is 1. The summed E-state index contributed by atoms with van der Waals surface area (Å²) < 4.78 is 0. The molecule has 1 rings (SSSR count). The molecule has 0 aliphatic heterocycles. The monoisotopic (exact) mass is 235 g/mol. The molecule has 0 aliphatic rings. The van der Waals surface area contributed by atoms with Crippen molar-refractivity contribution in [3.63, 3.8) is 0 Å². The first-order valence-electron chi connectivity index (χ1n) is 6.06. The largest absolute Gasteiger partial charge is 0.508 e. The van der Waals surface area contributed by atoms with Crippen LogP contribution in [0.15, 0.2) is 18.2 Å². The minimum absolute atomic E-state index is 0.0753. The number of amides is 1. The first kappa shape index (κ1) is 13.6. The maximum Gasteiger partial charge on any atom is 0.251 e. The van der Waals surface area contributed by atoms with Crippen LogP contribution in [0.4, 0.5) is 0 Å². The molecule has 1 atom stereocenters. The Bertz CT molecular complexity index is 399. The third-order valence-corrected chi connectivity index (χ3v) is 3.02. The fraction of sp³-hybridized carbons (Fsp3) is 0.500. The van der Waals surface area contributed by atoms with Gasteiger partial charge in [-0.05, 0) is 43.0 Å². The van der Waals surface area contributed by atoms with Gasteiger partial charge in [0, 0.05) is 11.6 Å². The molecular formula is C14H21NO2. The predicted molar refractivity (Wildman–Crippen MR) is 69.2 cm³/mol. The molecule has 0 fully saturated rings. The standard InChI is InChI=1S/C14H21NO2/c1-5-12(9(2)3)15-14(17)11-6-7-13(16)10(4)8-11/h6-9,12,16H,5H2,1-4H3,(H,15,17). The maximum absolute atomic E-state index is 12.0. The summed E-state index contributed by atoms with van der Waals surface area (Å²) in [6.45, 7) is 8.03. The van der Waals surface area contributed by atoms with Gasteiger partial charge in [0.15, 0.2) is 0 Å². The predicted octanol–water partition coefficient (Wildman–Crippen LogP) is 2.87. The highest BCUT2D eigenvalue weighted by atomic mass is 16.3. The van der Waals surface area contributed by atoms with Crippen molar-refractivity contribution in [1.82, 2.24) is 5.32 Å². The van der Waals surface area contributed by atoms with E-state index in [4.69, 9.17) is 0 Å². The highest BCUT2D eigenvalue weighted by molar-refractivity contribution is 5.94. The van der Waals surface area contributed by atoms with Gasteiger partial charge in [0.25, 0.3) is 5.91 Å². The van der Waals surface area contributed by atoms with Gasteiger partial charge in [-0.2, -0.15) is 0 Å². The van der Waals surface area contributed by atoms with Crippen LogP contribution in [0.1, 0.15) is 43.1 Å². The molecule has 0 heterocycles. The summed E-state index contributed by atoms with van der Waals surface area (Å²) >= 11 is 0. The zero-order valence-electron chi connectivity index (χ0n) is 10.9. The zero-order chi connectivity index (χ0) is 13.0. The minimum atomic E-state index is -0.0753. The molecule has 3 heteroatoms. The normalized spacial score (nSPS) is 12.5. The van der Waals surface area contributed by atoms with Crippen molar-refractivity contribution in [3.05, 3.63) is 29.3 Å².